The van der Waals surface area contributed by atoms with Crippen LogP contribution in [0.4, 0.5) is 0 Å². The van der Waals surface area contributed by atoms with Crippen LogP contribution < -0.4 is 0 Å². The largest absolute Gasteiger partial charge is 0.481 e. The molecular weight excluding hydrogens is 291 g/mol. The van der Waals surface area contributed by atoms with Crippen LogP contribution in [0.1, 0.15) is 31.2 Å². The maximum absolute atomic E-state index is 10.4. The van der Waals surface area contributed by atoms with E-state index in [0.29, 0.717) is 12.3 Å². The number of carboxylic acid groups (broad SMARTS) is 1. The van der Waals surface area contributed by atoms with Crippen LogP contribution in [0.2, 0.25) is 0 Å². The first-order valence-electron chi connectivity index (χ1n) is 4.57. The number of hydrogen-bond donors (Lipinski definition) is 1. The highest BCUT2D eigenvalue weighted by Gasteiger charge is 2.07. The highest BCUT2D eigenvalue weighted by Crippen LogP contribution is 2.21. The van der Waals surface area contributed by atoms with Gasteiger partial charge >= 0.3 is 5.97 Å². The van der Waals surface area contributed by atoms with Gasteiger partial charge in [0.2, 0.25) is 0 Å². The molecule has 2 nitrogen and oxygen atoms in total. The fraction of sp³-hybridized carbons (Fsp3) is 0.364. The van der Waals surface area contributed by atoms with Gasteiger partial charge in [-0.05, 0) is 52.6 Å². The number of hydrogen-bond acceptors (Lipinski definition) is 1. The molecule has 0 saturated carbocycles. The van der Waals surface area contributed by atoms with Gasteiger partial charge in [-0.15, -0.1) is 0 Å². The normalized spacial score (nSPS) is 12.4. The molecule has 0 aromatic heterocycles. The Balaban J connectivity index is 2.56. The van der Waals surface area contributed by atoms with Crippen molar-refractivity contribution in [2.24, 2.45) is 0 Å². The van der Waals surface area contributed by atoms with Crippen molar-refractivity contribution in [2.75, 3.05) is 0 Å². The Hall–Kier alpha value is -0.580. The van der Waals surface area contributed by atoms with Crippen molar-refractivity contribution in [2.45, 2.75) is 25.7 Å². The topological polar surface area (TPSA) is 37.3 Å². The molecule has 1 aromatic rings. The Bertz CT molecular complexity index is 306. The fourth-order valence-electron chi connectivity index (χ4n) is 1.30. The summed E-state index contributed by atoms with van der Waals surface area (Å²) in [6.45, 7) is 2.06. The van der Waals surface area contributed by atoms with Crippen molar-refractivity contribution in [3.8, 4) is 0 Å². The number of carboxylic acids is 1. The first kappa shape index (κ1) is 11.5. The Labute approximate surface area is 97.5 Å². The Morgan fingerprint density at radius 1 is 1.43 bits per heavy atom. The first-order valence-corrected chi connectivity index (χ1v) is 5.64. The van der Waals surface area contributed by atoms with Crippen LogP contribution in [0.3, 0.4) is 0 Å². The van der Waals surface area contributed by atoms with Crippen molar-refractivity contribution < 1.29 is 9.90 Å². The van der Waals surface area contributed by atoms with E-state index in [0.717, 1.165) is 0 Å². The number of carbonyl (C=O) groups is 1. The lowest BCUT2D eigenvalue weighted by Crippen LogP contribution is -1.99. The maximum Gasteiger partial charge on any atom is 0.303 e. The Morgan fingerprint density at radius 3 is 2.50 bits per heavy atom. The van der Waals surface area contributed by atoms with Gasteiger partial charge in [0.15, 0.2) is 0 Å². The third-order valence-electron chi connectivity index (χ3n) is 2.23. The quantitative estimate of drug-likeness (QED) is 0.867. The lowest BCUT2D eigenvalue weighted by atomic mass is 9.96. The average Bonchev–Trinajstić information content (AvgIpc) is 2.15. The van der Waals surface area contributed by atoms with Gasteiger partial charge in [-0.3, -0.25) is 4.79 Å². The minimum absolute atomic E-state index is 0.243. The summed E-state index contributed by atoms with van der Waals surface area (Å²) in [4.78, 5) is 10.4. The zero-order valence-electron chi connectivity index (χ0n) is 8.03. The van der Waals surface area contributed by atoms with Gasteiger partial charge in [0.25, 0.3) is 0 Å². The standard InChI is InChI=1S/C11H13IO2/c1-8(2-7-11(13)14)9-3-5-10(12)6-4-9/h3-6,8H,2,7H2,1H3,(H,13,14). The van der Waals surface area contributed by atoms with Crippen molar-refractivity contribution in [3.05, 3.63) is 33.4 Å². The fourth-order valence-corrected chi connectivity index (χ4v) is 1.66. The van der Waals surface area contributed by atoms with Gasteiger partial charge in [-0.25, -0.2) is 0 Å². The van der Waals surface area contributed by atoms with E-state index in [4.69, 9.17) is 5.11 Å². The molecule has 14 heavy (non-hydrogen) atoms. The molecule has 0 fully saturated rings. The number of benzene rings is 1. The third kappa shape index (κ3) is 3.65. The minimum Gasteiger partial charge on any atom is -0.481 e. The SMILES string of the molecule is CC(CCC(=O)O)c1ccc(I)cc1. The van der Waals surface area contributed by atoms with Gasteiger partial charge in [-0.1, -0.05) is 19.1 Å². The molecule has 3 heteroatoms. The summed E-state index contributed by atoms with van der Waals surface area (Å²) in [5.74, 6) is -0.398. The Kier molecular flexibility index (Phi) is 4.38. The van der Waals surface area contributed by atoms with Crippen LogP contribution in [-0.2, 0) is 4.79 Å². The van der Waals surface area contributed by atoms with Crippen molar-refractivity contribution in [1.29, 1.82) is 0 Å². The minimum atomic E-state index is -0.720. The lowest BCUT2D eigenvalue weighted by molar-refractivity contribution is -0.137. The molecule has 0 radical (unpaired) electrons. The Morgan fingerprint density at radius 2 is 2.00 bits per heavy atom. The number of aliphatic carboxylic acids is 1. The average molecular weight is 304 g/mol. The van der Waals surface area contributed by atoms with Crippen molar-refractivity contribution in [1.82, 2.24) is 0 Å². The summed E-state index contributed by atoms with van der Waals surface area (Å²) in [6.07, 6.45) is 0.947. The molecule has 1 unspecified atom stereocenters. The molecule has 1 N–H and O–H groups in total. The van der Waals surface area contributed by atoms with Crippen LogP contribution in [0.25, 0.3) is 0 Å². The zero-order chi connectivity index (χ0) is 10.6. The summed E-state index contributed by atoms with van der Waals surface area (Å²) >= 11 is 2.26. The van der Waals surface area contributed by atoms with Gasteiger partial charge in [0.1, 0.15) is 0 Å². The highest BCUT2D eigenvalue weighted by atomic mass is 127. The lowest BCUT2D eigenvalue weighted by Gasteiger charge is -2.09. The predicted molar refractivity (Wildman–Crippen MR) is 64.4 cm³/mol. The third-order valence-corrected chi connectivity index (χ3v) is 2.95. The van der Waals surface area contributed by atoms with Crippen LogP contribution >= 0.6 is 22.6 Å². The van der Waals surface area contributed by atoms with E-state index in [9.17, 15) is 4.79 Å². The second kappa shape index (κ2) is 5.34. The molecule has 0 amide bonds. The summed E-state index contributed by atoms with van der Waals surface area (Å²) in [6, 6.07) is 8.23. The molecule has 0 bridgehead atoms. The molecule has 0 spiro atoms. The first-order chi connectivity index (χ1) is 6.59. The van der Waals surface area contributed by atoms with Crippen LogP contribution in [0.15, 0.2) is 24.3 Å². The summed E-state index contributed by atoms with van der Waals surface area (Å²) in [7, 11) is 0. The predicted octanol–water partition coefficient (Wildman–Crippen LogP) is 3.26. The monoisotopic (exact) mass is 304 g/mol. The van der Waals surface area contributed by atoms with E-state index < -0.39 is 5.97 Å². The molecule has 1 aromatic carbocycles. The smallest absolute Gasteiger partial charge is 0.303 e. The zero-order valence-corrected chi connectivity index (χ0v) is 10.2. The highest BCUT2D eigenvalue weighted by molar-refractivity contribution is 14.1. The van der Waals surface area contributed by atoms with Gasteiger partial charge < -0.3 is 5.11 Å². The van der Waals surface area contributed by atoms with Crippen molar-refractivity contribution in [3.63, 3.8) is 0 Å². The van der Waals surface area contributed by atoms with Gasteiger partial charge in [-0.2, -0.15) is 0 Å². The van der Waals surface area contributed by atoms with Crippen LogP contribution in [0, 0.1) is 3.57 Å². The summed E-state index contributed by atoms with van der Waals surface area (Å²) in [5.41, 5.74) is 1.21. The molecule has 0 aliphatic heterocycles. The van der Waals surface area contributed by atoms with E-state index >= 15 is 0 Å². The van der Waals surface area contributed by atoms with E-state index in [-0.39, 0.29) is 6.42 Å². The van der Waals surface area contributed by atoms with E-state index in [1.165, 1.54) is 9.13 Å². The molecule has 1 atom stereocenters. The number of halogens is 1. The molecule has 0 saturated heterocycles. The number of rotatable bonds is 4. The van der Waals surface area contributed by atoms with Crippen LogP contribution in [0.5, 0.6) is 0 Å². The van der Waals surface area contributed by atoms with E-state index in [2.05, 4.69) is 41.6 Å². The second-order valence-corrected chi connectivity index (χ2v) is 4.63. The molecular formula is C11H13IO2. The van der Waals surface area contributed by atoms with Gasteiger partial charge in [0.05, 0.1) is 0 Å². The second-order valence-electron chi connectivity index (χ2n) is 3.39. The summed E-state index contributed by atoms with van der Waals surface area (Å²) in [5, 5.41) is 8.55. The molecule has 76 valence electrons. The van der Waals surface area contributed by atoms with Gasteiger partial charge in [0, 0.05) is 9.99 Å². The molecule has 0 aliphatic carbocycles. The van der Waals surface area contributed by atoms with Crippen LogP contribution in [-0.4, -0.2) is 11.1 Å². The summed E-state index contributed by atoms with van der Waals surface area (Å²) < 4.78 is 1.21. The molecule has 1 rings (SSSR count). The van der Waals surface area contributed by atoms with E-state index in [1.54, 1.807) is 0 Å². The maximum atomic E-state index is 10.4. The van der Waals surface area contributed by atoms with Crippen molar-refractivity contribution >= 4 is 28.6 Å². The molecule has 0 heterocycles. The van der Waals surface area contributed by atoms with E-state index in [1.807, 2.05) is 12.1 Å². The molecule has 0 aliphatic rings.